The van der Waals surface area contributed by atoms with Gasteiger partial charge in [-0.3, -0.25) is 0 Å². The molecule has 1 aliphatic carbocycles. The number of rotatable bonds is 0. The first kappa shape index (κ1) is 5.72. The van der Waals surface area contributed by atoms with Gasteiger partial charge in [0.25, 0.3) is 0 Å². The largest absolute Gasteiger partial charge is 0.316 e. The third-order valence-electron chi connectivity index (χ3n) is 2.71. The highest BCUT2D eigenvalue weighted by Crippen LogP contribution is 2.55. The maximum Gasteiger partial charge on any atom is 0.00206 e. The van der Waals surface area contributed by atoms with Crippen molar-refractivity contribution >= 4 is 0 Å². The van der Waals surface area contributed by atoms with Crippen LogP contribution in [0.4, 0.5) is 0 Å². The first-order valence-electron chi connectivity index (χ1n) is 3.83. The van der Waals surface area contributed by atoms with E-state index in [0.29, 0.717) is 5.41 Å². The topological polar surface area (TPSA) is 12.0 Å². The summed E-state index contributed by atoms with van der Waals surface area (Å²) in [5.74, 6) is 0. The zero-order chi connectivity index (χ0) is 6.54. The molecule has 1 saturated heterocycles. The molecule has 0 atom stereocenters. The summed E-state index contributed by atoms with van der Waals surface area (Å²) in [6, 6.07) is 0. The molecule has 1 aliphatic heterocycles. The summed E-state index contributed by atoms with van der Waals surface area (Å²) in [5, 5.41) is 3.34. The quantitative estimate of drug-likeness (QED) is 0.516. The van der Waals surface area contributed by atoms with Crippen LogP contribution < -0.4 is 5.32 Å². The van der Waals surface area contributed by atoms with Crippen molar-refractivity contribution in [2.24, 2.45) is 10.8 Å². The second-order valence-electron chi connectivity index (χ2n) is 4.62. The van der Waals surface area contributed by atoms with Gasteiger partial charge in [-0.25, -0.2) is 0 Å². The van der Waals surface area contributed by atoms with Gasteiger partial charge in [0.15, 0.2) is 0 Å². The Morgan fingerprint density at radius 2 is 1.67 bits per heavy atom. The lowest BCUT2D eigenvalue weighted by atomic mass is 9.52. The van der Waals surface area contributed by atoms with Crippen LogP contribution in [0.5, 0.6) is 0 Å². The molecule has 0 aromatic heterocycles. The van der Waals surface area contributed by atoms with E-state index in [0.717, 1.165) is 5.41 Å². The predicted molar refractivity (Wildman–Crippen MR) is 38.3 cm³/mol. The Morgan fingerprint density at radius 1 is 1.11 bits per heavy atom. The van der Waals surface area contributed by atoms with E-state index in [4.69, 9.17) is 0 Å². The van der Waals surface area contributed by atoms with E-state index < -0.39 is 0 Å². The van der Waals surface area contributed by atoms with Gasteiger partial charge in [0.2, 0.25) is 0 Å². The lowest BCUT2D eigenvalue weighted by Gasteiger charge is -2.59. The summed E-state index contributed by atoms with van der Waals surface area (Å²) < 4.78 is 0. The van der Waals surface area contributed by atoms with Gasteiger partial charge in [0.05, 0.1) is 0 Å². The fourth-order valence-corrected chi connectivity index (χ4v) is 2.71. The standard InChI is InChI=1S/C8H15N/c1-7(2)3-8(4-7)5-9-6-8/h9H,3-6H2,1-2H3. The molecule has 2 rings (SSSR count). The molecule has 1 nitrogen and oxygen atoms in total. The molecule has 2 aliphatic rings. The third kappa shape index (κ3) is 0.710. The molecule has 0 radical (unpaired) electrons. The highest BCUT2D eigenvalue weighted by molar-refractivity contribution is 5.06. The van der Waals surface area contributed by atoms with E-state index in [9.17, 15) is 0 Å². The molecule has 1 heterocycles. The SMILES string of the molecule is CC1(C)CC2(CNC2)C1. The smallest absolute Gasteiger partial charge is 0.00206 e. The van der Waals surface area contributed by atoms with E-state index in [1.54, 1.807) is 0 Å². The molecule has 2 fully saturated rings. The van der Waals surface area contributed by atoms with Crippen LogP contribution in [0.3, 0.4) is 0 Å². The van der Waals surface area contributed by atoms with Crippen molar-refractivity contribution in [3.63, 3.8) is 0 Å². The Kier molecular flexibility index (Phi) is 0.852. The lowest BCUT2D eigenvalue weighted by Crippen LogP contribution is -2.62. The van der Waals surface area contributed by atoms with Crippen molar-refractivity contribution in [1.29, 1.82) is 0 Å². The van der Waals surface area contributed by atoms with Gasteiger partial charge in [0, 0.05) is 13.1 Å². The number of hydrogen-bond donors (Lipinski definition) is 1. The Balaban J connectivity index is 1.96. The van der Waals surface area contributed by atoms with Crippen LogP contribution in [-0.2, 0) is 0 Å². The van der Waals surface area contributed by atoms with Crippen LogP contribution in [0.1, 0.15) is 26.7 Å². The maximum absolute atomic E-state index is 3.34. The van der Waals surface area contributed by atoms with Crippen molar-refractivity contribution in [1.82, 2.24) is 5.32 Å². The van der Waals surface area contributed by atoms with E-state index in [-0.39, 0.29) is 0 Å². The second kappa shape index (κ2) is 1.34. The summed E-state index contributed by atoms with van der Waals surface area (Å²) >= 11 is 0. The Morgan fingerprint density at radius 3 is 1.78 bits per heavy atom. The summed E-state index contributed by atoms with van der Waals surface area (Å²) in [7, 11) is 0. The fourth-order valence-electron chi connectivity index (χ4n) is 2.71. The summed E-state index contributed by atoms with van der Waals surface area (Å²) in [5.41, 5.74) is 1.44. The summed E-state index contributed by atoms with van der Waals surface area (Å²) in [6.07, 6.45) is 2.90. The van der Waals surface area contributed by atoms with Crippen LogP contribution in [-0.4, -0.2) is 13.1 Å². The van der Waals surface area contributed by atoms with Crippen molar-refractivity contribution in [3.8, 4) is 0 Å². The lowest BCUT2D eigenvalue weighted by molar-refractivity contribution is -0.0539. The van der Waals surface area contributed by atoms with Crippen molar-refractivity contribution in [2.75, 3.05) is 13.1 Å². The monoisotopic (exact) mass is 125 g/mol. The molecule has 1 heteroatoms. The Labute approximate surface area is 56.8 Å². The zero-order valence-corrected chi connectivity index (χ0v) is 6.33. The molecule has 0 aromatic carbocycles. The van der Waals surface area contributed by atoms with Crippen LogP contribution in [0.15, 0.2) is 0 Å². The molecule has 1 spiro atoms. The number of nitrogens with one attached hydrogen (secondary N) is 1. The minimum atomic E-state index is 0.669. The number of hydrogen-bond acceptors (Lipinski definition) is 1. The van der Waals surface area contributed by atoms with Gasteiger partial charge in [-0.2, -0.15) is 0 Å². The highest BCUT2D eigenvalue weighted by atomic mass is 15.0. The third-order valence-corrected chi connectivity index (χ3v) is 2.71. The van der Waals surface area contributed by atoms with Gasteiger partial charge in [0.1, 0.15) is 0 Å². The minimum Gasteiger partial charge on any atom is -0.316 e. The summed E-state index contributed by atoms with van der Waals surface area (Å²) in [6.45, 7) is 7.32. The van der Waals surface area contributed by atoms with Gasteiger partial charge in [-0.15, -0.1) is 0 Å². The van der Waals surface area contributed by atoms with Crippen LogP contribution >= 0.6 is 0 Å². The Bertz CT molecular complexity index is 124. The average Bonchev–Trinajstić information content (AvgIpc) is 1.54. The average molecular weight is 125 g/mol. The van der Waals surface area contributed by atoms with Crippen molar-refractivity contribution < 1.29 is 0 Å². The molecule has 1 N–H and O–H groups in total. The molecule has 52 valence electrons. The molecular formula is C8H15N. The normalized spacial score (nSPS) is 35.3. The van der Waals surface area contributed by atoms with Gasteiger partial charge in [-0.05, 0) is 23.7 Å². The van der Waals surface area contributed by atoms with Gasteiger partial charge < -0.3 is 5.32 Å². The van der Waals surface area contributed by atoms with Crippen molar-refractivity contribution in [2.45, 2.75) is 26.7 Å². The molecule has 0 unspecified atom stereocenters. The molecule has 9 heavy (non-hydrogen) atoms. The first-order chi connectivity index (χ1) is 4.12. The Hall–Kier alpha value is -0.0400. The van der Waals surface area contributed by atoms with E-state index in [1.807, 2.05) is 0 Å². The van der Waals surface area contributed by atoms with Crippen LogP contribution in [0.25, 0.3) is 0 Å². The van der Waals surface area contributed by atoms with Crippen molar-refractivity contribution in [3.05, 3.63) is 0 Å². The molecule has 1 saturated carbocycles. The molecule has 0 aromatic rings. The highest BCUT2D eigenvalue weighted by Gasteiger charge is 2.52. The minimum absolute atomic E-state index is 0.669. The van der Waals surface area contributed by atoms with Gasteiger partial charge in [-0.1, -0.05) is 13.8 Å². The molecular weight excluding hydrogens is 110 g/mol. The molecule has 0 bridgehead atoms. The van der Waals surface area contributed by atoms with Crippen LogP contribution in [0.2, 0.25) is 0 Å². The first-order valence-corrected chi connectivity index (χ1v) is 3.83. The van der Waals surface area contributed by atoms with E-state index in [2.05, 4.69) is 19.2 Å². The fraction of sp³-hybridized carbons (Fsp3) is 1.00. The van der Waals surface area contributed by atoms with E-state index in [1.165, 1.54) is 25.9 Å². The second-order valence-corrected chi connectivity index (χ2v) is 4.62. The van der Waals surface area contributed by atoms with E-state index >= 15 is 0 Å². The summed E-state index contributed by atoms with van der Waals surface area (Å²) in [4.78, 5) is 0. The predicted octanol–water partition coefficient (Wildman–Crippen LogP) is 1.40. The zero-order valence-electron chi connectivity index (χ0n) is 6.33. The van der Waals surface area contributed by atoms with Gasteiger partial charge >= 0.3 is 0 Å². The maximum atomic E-state index is 3.34. The molecule has 0 amide bonds. The van der Waals surface area contributed by atoms with Crippen LogP contribution in [0, 0.1) is 10.8 Å².